The van der Waals surface area contributed by atoms with Gasteiger partial charge in [0.15, 0.2) is 0 Å². The average molecular weight is 351 g/mol. The number of sulfonamides is 1. The molecule has 4 nitrogen and oxygen atoms in total. The molecule has 2 aromatic carbocycles. The van der Waals surface area contributed by atoms with Gasteiger partial charge < -0.3 is 4.98 Å². The first-order valence-corrected chi connectivity index (χ1v) is 8.18. The van der Waals surface area contributed by atoms with E-state index in [1.165, 1.54) is 0 Å². The van der Waals surface area contributed by atoms with Gasteiger partial charge in [0, 0.05) is 27.3 Å². The van der Waals surface area contributed by atoms with Gasteiger partial charge in [-0.25, -0.2) is 8.42 Å². The van der Waals surface area contributed by atoms with E-state index >= 15 is 0 Å². The predicted molar refractivity (Wildman–Crippen MR) is 83.2 cm³/mol. The molecule has 0 aliphatic carbocycles. The zero-order chi connectivity index (χ0) is 14.2. The third-order valence-corrected chi connectivity index (χ3v) is 4.78. The van der Waals surface area contributed by atoms with Crippen molar-refractivity contribution in [3.63, 3.8) is 0 Å². The second-order valence-electron chi connectivity index (χ2n) is 4.34. The minimum Gasteiger partial charge on any atom is -0.361 e. The second-order valence-corrected chi connectivity index (χ2v) is 6.94. The lowest BCUT2D eigenvalue weighted by atomic mass is 10.2. The molecule has 0 spiro atoms. The van der Waals surface area contributed by atoms with E-state index in [0.29, 0.717) is 5.69 Å². The summed E-state index contributed by atoms with van der Waals surface area (Å²) in [7, 11) is -3.58. The summed E-state index contributed by atoms with van der Waals surface area (Å²) in [6, 6.07) is 13.9. The maximum absolute atomic E-state index is 12.3. The van der Waals surface area contributed by atoms with Crippen LogP contribution in [-0.2, 0) is 10.0 Å². The number of aromatic amines is 1. The first-order valence-electron chi connectivity index (χ1n) is 5.90. The molecule has 2 N–H and O–H groups in total. The van der Waals surface area contributed by atoms with Crippen molar-refractivity contribution in [2.75, 3.05) is 4.72 Å². The molecular formula is C14H11BrN2O2S. The maximum atomic E-state index is 12.3. The standard InChI is InChI=1S/C14H11BrN2O2S/c15-11-2-1-3-13(9-11)20(18,19)17-12-4-5-14-10(8-12)6-7-16-14/h1-9,16-17H. The molecule has 102 valence electrons. The molecule has 0 saturated heterocycles. The van der Waals surface area contributed by atoms with Crippen molar-refractivity contribution in [3.8, 4) is 0 Å². The lowest BCUT2D eigenvalue weighted by Crippen LogP contribution is -2.12. The van der Waals surface area contributed by atoms with E-state index in [9.17, 15) is 8.42 Å². The van der Waals surface area contributed by atoms with Crippen LogP contribution in [0.4, 0.5) is 5.69 Å². The van der Waals surface area contributed by atoms with Crippen molar-refractivity contribution in [2.45, 2.75) is 4.90 Å². The average Bonchev–Trinajstić information content (AvgIpc) is 2.85. The molecule has 0 aliphatic heterocycles. The first-order chi connectivity index (χ1) is 9.54. The van der Waals surface area contributed by atoms with Crippen LogP contribution in [0.5, 0.6) is 0 Å². The minimum atomic E-state index is -3.58. The topological polar surface area (TPSA) is 62.0 Å². The number of hydrogen-bond donors (Lipinski definition) is 2. The van der Waals surface area contributed by atoms with Gasteiger partial charge in [-0.15, -0.1) is 0 Å². The van der Waals surface area contributed by atoms with Crippen LogP contribution in [0.2, 0.25) is 0 Å². The number of benzene rings is 2. The molecule has 20 heavy (non-hydrogen) atoms. The number of fused-ring (bicyclic) bond motifs is 1. The van der Waals surface area contributed by atoms with Crippen LogP contribution in [-0.4, -0.2) is 13.4 Å². The molecule has 0 saturated carbocycles. The highest BCUT2D eigenvalue weighted by molar-refractivity contribution is 9.10. The van der Waals surface area contributed by atoms with Gasteiger partial charge in [-0.1, -0.05) is 22.0 Å². The molecule has 3 rings (SSSR count). The smallest absolute Gasteiger partial charge is 0.261 e. The van der Waals surface area contributed by atoms with Crippen molar-refractivity contribution in [3.05, 3.63) is 59.2 Å². The normalized spacial score (nSPS) is 11.7. The predicted octanol–water partition coefficient (Wildman–Crippen LogP) is 3.73. The Labute approximate surface area is 125 Å². The molecule has 0 atom stereocenters. The van der Waals surface area contributed by atoms with E-state index < -0.39 is 10.0 Å². The Kier molecular flexibility index (Phi) is 3.27. The Morgan fingerprint density at radius 3 is 2.70 bits per heavy atom. The number of aromatic nitrogens is 1. The lowest BCUT2D eigenvalue weighted by molar-refractivity contribution is 0.601. The van der Waals surface area contributed by atoms with E-state index in [1.807, 2.05) is 18.3 Å². The zero-order valence-corrected chi connectivity index (χ0v) is 12.7. The molecule has 6 heteroatoms. The number of nitrogens with one attached hydrogen (secondary N) is 2. The van der Waals surface area contributed by atoms with Gasteiger partial charge in [-0.3, -0.25) is 4.72 Å². The van der Waals surface area contributed by atoms with Gasteiger partial charge in [0.2, 0.25) is 0 Å². The number of hydrogen-bond acceptors (Lipinski definition) is 2. The monoisotopic (exact) mass is 350 g/mol. The quantitative estimate of drug-likeness (QED) is 0.755. The Morgan fingerprint density at radius 1 is 1.05 bits per heavy atom. The molecule has 0 bridgehead atoms. The fourth-order valence-corrected chi connectivity index (χ4v) is 3.61. The van der Waals surface area contributed by atoms with Crippen LogP contribution < -0.4 is 4.72 Å². The molecule has 0 radical (unpaired) electrons. The van der Waals surface area contributed by atoms with E-state index in [2.05, 4.69) is 25.6 Å². The summed E-state index contributed by atoms with van der Waals surface area (Å²) in [6.07, 6.45) is 1.82. The van der Waals surface area contributed by atoms with Crippen molar-refractivity contribution in [1.82, 2.24) is 4.98 Å². The Morgan fingerprint density at radius 2 is 1.90 bits per heavy atom. The second kappa shape index (κ2) is 4.96. The van der Waals surface area contributed by atoms with Gasteiger partial charge in [-0.2, -0.15) is 0 Å². The minimum absolute atomic E-state index is 0.223. The van der Waals surface area contributed by atoms with E-state index in [1.54, 1.807) is 36.4 Å². The fraction of sp³-hybridized carbons (Fsp3) is 0. The molecule has 1 heterocycles. The molecule has 0 unspecified atom stereocenters. The largest absolute Gasteiger partial charge is 0.361 e. The molecule has 0 fully saturated rings. The van der Waals surface area contributed by atoms with Gasteiger partial charge in [0.05, 0.1) is 4.90 Å². The first kappa shape index (κ1) is 13.2. The lowest BCUT2D eigenvalue weighted by Gasteiger charge is -2.08. The summed E-state index contributed by atoms with van der Waals surface area (Å²) in [5.74, 6) is 0. The molecule has 0 amide bonds. The third kappa shape index (κ3) is 2.57. The van der Waals surface area contributed by atoms with Gasteiger partial charge in [0.25, 0.3) is 10.0 Å². The summed E-state index contributed by atoms with van der Waals surface area (Å²) in [4.78, 5) is 3.29. The summed E-state index contributed by atoms with van der Waals surface area (Å²) >= 11 is 3.27. The highest BCUT2D eigenvalue weighted by Gasteiger charge is 2.14. The van der Waals surface area contributed by atoms with Crippen LogP contribution in [0.1, 0.15) is 0 Å². The highest BCUT2D eigenvalue weighted by Crippen LogP contribution is 2.22. The summed E-state index contributed by atoms with van der Waals surface area (Å²) in [6.45, 7) is 0. The van der Waals surface area contributed by atoms with Crippen LogP contribution in [0, 0.1) is 0 Å². The molecular weight excluding hydrogens is 340 g/mol. The van der Waals surface area contributed by atoms with Crippen LogP contribution in [0.15, 0.2) is 64.1 Å². The van der Waals surface area contributed by atoms with Crippen LogP contribution in [0.3, 0.4) is 0 Å². The summed E-state index contributed by atoms with van der Waals surface area (Å²) in [5, 5.41) is 0.958. The van der Waals surface area contributed by atoms with Gasteiger partial charge >= 0.3 is 0 Å². The molecule has 1 aromatic heterocycles. The van der Waals surface area contributed by atoms with E-state index in [0.717, 1.165) is 15.4 Å². The highest BCUT2D eigenvalue weighted by atomic mass is 79.9. The number of anilines is 1. The third-order valence-electron chi connectivity index (χ3n) is 2.91. The van der Waals surface area contributed by atoms with Crippen molar-refractivity contribution in [2.24, 2.45) is 0 Å². The van der Waals surface area contributed by atoms with Crippen LogP contribution in [0.25, 0.3) is 10.9 Å². The maximum Gasteiger partial charge on any atom is 0.261 e. The zero-order valence-electron chi connectivity index (χ0n) is 10.3. The number of H-pyrrole nitrogens is 1. The SMILES string of the molecule is O=S(=O)(Nc1ccc2[nH]ccc2c1)c1cccc(Br)c1. The van der Waals surface area contributed by atoms with Crippen molar-refractivity contribution in [1.29, 1.82) is 0 Å². The Hall–Kier alpha value is -1.79. The van der Waals surface area contributed by atoms with Crippen LogP contribution >= 0.6 is 15.9 Å². The van der Waals surface area contributed by atoms with E-state index in [-0.39, 0.29) is 4.90 Å². The van der Waals surface area contributed by atoms with Crippen molar-refractivity contribution < 1.29 is 8.42 Å². The fourth-order valence-electron chi connectivity index (χ4n) is 1.97. The summed E-state index contributed by atoms with van der Waals surface area (Å²) < 4.78 is 27.9. The number of halogens is 1. The molecule has 0 aliphatic rings. The Bertz CT molecular complexity index is 872. The number of rotatable bonds is 3. The Balaban J connectivity index is 1.96. The van der Waals surface area contributed by atoms with Crippen molar-refractivity contribution >= 4 is 42.5 Å². The molecule has 3 aromatic rings. The van der Waals surface area contributed by atoms with E-state index in [4.69, 9.17) is 0 Å². The summed E-state index contributed by atoms with van der Waals surface area (Å²) in [5.41, 5.74) is 1.51. The van der Waals surface area contributed by atoms with Gasteiger partial charge in [-0.05, 0) is 42.5 Å². The van der Waals surface area contributed by atoms with Gasteiger partial charge in [0.1, 0.15) is 0 Å².